The van der Waals surface area contributed by atoms with Crippen LogP contribution in [0, 0.1) is 5.82 Å². The van der Waals surface area contributed by atoms with Gasteiger partial charge in [0.2, 0.25) is 0 Å². The largest absolute Gasteiger partial charge is 0.396 e. The average Bonchev–Trinajstić information content (AvgIpc) is 2.30. The predicted molar refractivity (Wildman–Crippen MR) is 68.8 cm³/mol. The van der Waals surface area contributed by atoms with E-state index in [1.165, 1.54) is 23.9 Å². The summed E-state index contributed by atoms with van der Waals surface area (Å²) in [4.78, 5) is -0.158. The number of amidine groups is 1. The van der Waals surface area contributed by atoms with Gasteiger partial charge in [-0.05, 0) is 24.6 Å². The molecule has 0 atom stereocenters. The predicted octanol–water partition coefficient (Wildman–Crippen LogP) is 1.41. The third-order valence-electron chi connectivity index (χ3n) is 2.21. The van der Waals surface area contributed by atoms with Gasteiger partial charge in [-0.25, -0.2) is 4.39 Å². The highest BCUT2D eigenvalue weighted by molar-refractivity contribution is 8.14. The molecule has 8 heteroatoms. The highest BCUT2D eigenvalue weighted by Crippen LogP contribution is 2.29. The van der Waals surface area contributed by atoms with Gasteiger partial charge in [-0.15, -0.1) is 4.40 Å². The van der Waals surface area contributed by atoms with E-state index in [4.69, 9.17) is 5.11 Å². The average molecular weight is 290 g/mol. The number of anilines is 1. The number of halogens is 1. The van der Waals surface area contributed by atoms with E-state index in [1.807, 2.05) is 0 Å². The summed E-state index contributed by atoms with van der Waals surface area (Å²) in [6.45, 7) is 0.0365. The van der Waals surface area contributed by atoms with Crippen molar-refractivity contribution < 1.29 is 17.9 Å². The van der Waals surface area contributed by atoms with Gasteiger partial charge in [-0.1, -0.05) is 11.8 Å². The number of aliphatic hydroxyl groups excluding tert-OH is 1. The van der Waals surface area contributed by atoms with Gasteiger partial charge in [0, 0.05) is 12.4 Å². The Morgan fingerprint density at radius 2 is 2.22 bits per heavy atom. The lowest BCUT2D eigenvalue weighted by Crippen LogP contribution is -2.19. The number of rotatable bonds is 3. The van der Waals surface area contributed by atoms with E-state index in [1.54, 1.807) is 0 Å². The van der Waals surface area contributed by atoms with Crippen LogP contribution in [-0.4, -0.2) is 31.1 Å². The molecular formula is C10H11FN2O3S2. The van der Waals surface area contributed by atoms with Crippen molar-refractivity contribution >= 4 is 32.6 Å². The van der Waals surface area contributed by atoms with Crippen LogP contribution in [0.3, 0.4) is 0 Å². The molecule has 1 aromatic rings. The maximum atomic E-state index is 13.0. The molecule has 1 aliphatic rings. The molecule has 0 fully saturated rings. The molecule has 5 nitrogen and oxygen atoms in total. The first-order valence-corrected chi connectivity index (χ1v) is 7.61. The highest BCUT2D eigenvalue weighted by atomic mass is 32.2. The number of thioether (sulfide) groups is 1. The third kappa shape index (κ3) is 2.82. The van der Waals surface area contributed by atoms with E-state index in [9.17, 15) is 12.8 Å². The molecule has 0 aromatic heterocycles. The lowest BCUT2D eigenvalue weighted by Gasteiger charge is -2.17. The molecule has 0 radical (unpaired) electrons. The first-order valence-electron chi connectivity index (χ1n) is 5.18. The van der Waals surface area contributed by atoms with Crippen molar-refractivity contribution in [2.75, 3.05) is 17.7 Å². The van der Waals surface area contributed by atoms with Crippen molar-refractivity contribution in [1.29, 1.82) is 0 Å². The second-order valence-electron chi connectivity index (χ2n) is 3.56. The molecule has 0 saturated carbocycles. The van der Waals surface area contributed by atoms with Gasteiger partial charge in [0.15, 0.2) is 5.17 Å². The van der Waals surface area contributed by atoms with Crippen LogP contribution >= 0.6 is 11.8 Å². The molecule has 0 spiro atoms. The van der Waals surface area contributed by atoms with E-state index in [0.29, 0.717) is 17.9 Å². The zero-order valence-corrected chi connectivity index (χ0v) is 10.9. The summed E-state index contributed by atoms with van der Waals surface area (Å²) in [5.74, 6) is -0.0697. The molecule has 0 amide bonds. The van der Waals surface area contributed by atoms with Crippen molar-refractivity contribution in [2.45, 2.75) is 11.3 Å². The lowest BCUT2D eigenvalue weighted by molar-refractivity contribution is 0.296. The fourth-order valence-electron chi connectivity index (χ4n) is 1.41. The van der Waals surface area contributed by atoms with Gasteiger partial charge in [-0.3, -0.25) is 0 Å². The number of nitrogens with one attached hydrogen (secondary N) is 1. The molecule has 18 heavy (non-hydrogen) atoms. The molecular weight excluding hydrogens is 279 g/mol. The number of sulfonamides is 1. The molecule has 2 N–H and O–H groups in total. The lowest BCUT2D eigenvalue weighted by atomic mass is 10.3. The summed E-state index contributed by atoms with van der Waals surface area (Å²) < 4.78 is 40.2. The fraction of sp³-hybridized carbons (Fsp3) is 0.300. The Morgan fingerprint density at radius 1 is 1.44 bits per heavy atom. The maximum Gasteiger partial charge on any atom is 0.286 e. The van der Waals surface area contributed by atoms with E-state index < -0.39 is 15.8 Å². The minimum Gasteiger partial charge on any atom is -0.396 e. The number of aliphatic hydroxyl groups is 1. The standard InChI is InChI=1S/C10H11FN2O3S2/c11-7-2-3-8-9(6-7)18(15,16)13-10(12-8)17-5-1-4-14/h2-3,6,14H,1,4-5H2,(H,12,13). The zero-order chi connectivity index (χ0) is 13.2. The second-order valence-corrected chi connectivity index (χ2v) is 6.22. The smallest absolute Gasteiger partial charge is 0.286 e. The highest BCUT2D eigenvalue weighted by Gasteiger charge is 2.25. The zero-order valence-electron chi connectivity index (χ0n) is 9.26. The van der Waals surface area contributed by atoms with Crippen LogP contribution in [0.15, 0.2) is 27.5 Å². The minimum absolute atomic E-state index is 0.0365. The van der Waals surface area contributed by atoms with E-state index >= 15 is 0 Å². The summed E-state index contributed by atoms with van der Waals surface area (Å²) in [5.41, 5.74) is 0.317. The maximum absolute atomic E-state index is 13.0. The molecule has 1 heterocycles. The Hall–Kier alpha value is -1.12. The van der Waals surface area contributed by atoms with Gasteiger partial charge >= 0.3 is 0 Å². The molecule has 0 unspecified atom stereocenters. The van der Waals surface area contributed by atoms with Crippen LogP contribution in [0.5, 0.6) is 0 Å². The van der Waals surface area contributed by atoms with Gasteiger partial charge in [0.25, 0.3) is 10.0 Å². The molecule has 2 rings (SSSR count). The number of nitrogens with zero attached hydrogens (tertiary/aromatic N) is 1. The number of fused-ring (bicyclic) bond motifs is 1. The SMILES string of the molecule is O=S1(=O)N=C(SCCCO)Nc2ccc(F)cc21. The van der Waals surface area contributed by atoms with Gasteiger partial charge in [0.1, 0.15) is 10.7 Å². The van der Waals surface area contributed by atoms with Crippen LogP contribution in [0.4, 0.5) is 10.1 Å². The monoisotopic (exact) mass is 290 g/mol. The second kappa shape index (κ2) is 5.25. The summed E-state index contributed by atoms with van der Waals surface area (Å²) >= 11 is 1.20. The Kier molecular flexibility index (Phi) is 3.88. The van der Waals surface area contributed by atoms with Crippen LogP contribution < -0.4 is 5.32 Å². The van der Waals surface area contributed by atoms with Gasteiger partial charge in [-0.2, -0.15) is 8.42 Å². The molecule has 1 aliphatic heterocycles. The Bertz CT molecular complexity index is 587. The molecule has 0 aliphatic carbocycles. The Balaban J connectivity index is 2.27. The first-order chi connectivity index (χ1) is 8.53. The third-order valence-corrected chi connectivity index (χ3v) is 4.60. The number of hydrogen-bond donors (Lipinski definition) is 2. The summed E-state index contributed by atoms with van der Waals surface area (Å²) in [6.07, 6.45) is 0.543. The Labute approximate surface area is 108 Å². The van der Waals surface area contributed by atoms with Crippen molar-refractivity contribution in [3.63, 3.8) is 0 Å². The molecule has 0 saturated heterocycles. The quantitative estimate of drug-likeness (QED) is 0.823. The summed E-state index contributed by atoms with van der Waals surface area (Å²) in [6, 6.07) is 3.49. The van der Waals surface area contributed by atoms with Crippen molar-refractivity contribution in [3.05, 3.63) is 24.0 Å². The van der Waals surface area contributed by atoms with E-state index in [2.05, 4.69) is 9.71 Å². The van der Waals surface area contributed by atoms with E-state index in [-0.39, 0.29) is 16.7 Å². The van der Waals surface area contributed by atoms with Gasteiger partial charge in [0.05, 0.1) is 5.69 Å². The molecule has 0 bridgehead atoms. The molecule has 98 valence electrons. The van der Waals surface area contributed by atoms with E-state index in [0.717, 1.165) is 6.07 Å². The minimum atomic E-state index is -3.85. The molecule has 1 aromatic carbocycles. The van der Waals surface area contributed by atoms with Crippen molar-refractivity contribution in [2.24, 2.45) is 4.40 Å². The number of hydrogen-bond acceptors (Lipinski definition) is 5. The Morgan fingerprint density at radius 3 is 2.94 bits per heavy atom. The normalized spacial score (nSPS) is 16.7. The first kappa shape index (κ1) is 13.3. The summed E-state index contributed by atoms with van der Waals surface area (Å²) in [7, 11) is -3.85. The fourth-order valence-corrected chi connectivity index (χ4v) is 3.58. The number of benzene rings is 1. The van der Waals surface area contributed by atoms with Crippen LogP contribution in [0.1, 0.15) is 6.42 Å². The van der Waals surface area contributed by atoms with Crippen LogP contribution in [0.25, 0.3) is 0 Å². The van der Waals surface area contributed by atoms with Gasteiger partial charge < -0.3 is 10.4 Å². The topological polar surface area (TPSA) is 78.8 Å². The van der Waals surface area contributed by atoms with Crippen molar-refractivity contribution in [1.82, 2.24) is 0 Å². The van der Waals surface area contributed by atoms with Crippen LogP contribution in [-0.2, 0) is 10.0 Å². The van der Waals surface area contributed by atoms with Crippen molar-refractivity contribution in [3.8, 4) is 0 Å². The summed E-state index contributed by atoms with van der Waals surface area (Å²) in [5, 5.41) is 11.7. The van der Waals surface area contributed by atoms with Crippen LogP contribution in [0.2, 0.25) is 0 Å².